The fourth-order valence-electron chi connectivity index (χ4n) is 3.49. The lowest BCUT2D eigenvalue weighted by molar-refractivity contribution is -0.115. The van der Waals surface area contributed by atoms with Crippen molar-refractivity contribution in [3.63, 3.8) is 0 Å². The Hall–Kier alpha value is -3.27. The molecule has 4 nitrogen and oxygen atoms in total. The Bertz CT molecular complexity index is 923. The van der Waals surface area contributed by atoms with Gasteiger partial charge in [0.1, 0.15) is 5.76 Å². The van der Waals surface area contributed by atoms with E-state index in [4.69, 9.17) is 4.42 Å². The van der Waals surface area contributed by atoms with Crippen molar-refractivity contribution < 1.29 is 9.21 Å². The molecule has 4 rings (SSSR count). The van der Waals surface area contributed by atoms with Crippen LogP contribution in [0.4, 0.5) is 5.69 Å². The first-order chi connectivity index (χ1) is 13.8. The van der Waals surface area contributed by atoms with E-state index in [1.54, 1.807) is 12.3 Å². The number of anilines is 1. The zero-order valence-electron chi connectivity index (χ0n) is 15.8. The van der Waals surface area contributed by atoms with Gasteiger partial charge in [0.15, 0.2) is 0 Å². The summed E-state index contributed by atoms with van der Waals surface area (Å²) >= 11 is 0. The van der Waals surface area contributed by atoms with Crippen molar-refractivity contribution >= 4 is 23.2 Å². The second kappa shape index (κ2) is 8.61. The molecule has 28 heavy (non-hydrogen) atoms. The Kier molecular flexibility index (Phi) is 5.57. The average Bonchev–Trinajstić information content (AvgIpc) is 3.45. The van der Waals surface area contributed by atoms with E-state index in [1.807, 2.05) is 42.5 Å². The summed E-state index contributed by atoms with van der Waals surface area (Å²) in [7, 11) is 0. The highest BCUT2D eigenvalue weighted by atomic mass is 16.3. The molecular formula is C24H24N2O2. The largest absolute Gasteiger partial charge is 0.465 e. The quantitative estimate of drug-likeness (QED) is 0.636. The van der Waals surface area contributed by atoms with Crippen molar-refractivity contribution in [1.82, 2.24) is 5.32 Å². The number of carbonyl (C=O) groups excluding carboxylic acids is 1. The summed E-state index contributed by atoms with van der Waals surface area (Å²) in [4.78, 5) is 15.3. The van der Waals surface area contributed by atoms with E-state index in [2.05, 4.69) is 34.5 Å². The second-order valence-corrected chi connectivity index (χ2v) is 6.98. The minimum atomic E-state index is -0.119. The molecule has 1 N–H and O–H groups in total. The smallest absolute Gasteiger partial charge is 0.252 e. The van der Waals surface area contributed by atoms with Crippen LogP contribution >= 0.6 is 0 Å². The zero-order chi connectivity index (χ0) is 19.2. The van der Waals surface area contributed by atoms with Gasteiger partial charge in [-0.2, -0.15) is 0 Å². The van der Waals surface area contributed by atoms with Crippen LogP contribution < -0.4 is 10.2 Å². The van der Waals surface area contributed by atoms with E-state index in [-0.39, 0.29) is 5.91 Å². The molecule has 1 aliphatic rings. The van der Waals surface area contributed by atoms with Crippen LogP contribution in [0.5, 0.6) is 0 Å². The predicted molar refractivity (Wildman–Crippen MR) is 113 cm³/mol. The van der Waals surface area contributed by atoms with E-state index in [9.17, 15) is 4.79 Å². The third kappa shape index (κ3) is 4.34. The van der Waals surface area contributed by atoms with Gasteiger partial charge in [0.05, 0.1) is 11.8 Å². The minimum Gasteiger partial charge on any atom is -0.465 e. The fraction of sp³-hybridized carbons (Fsp3) is 0.208. The molecule has 1 aromatic heterocycles. The van der Waals surface area contributed by atoms with Crippen molar-refractivity contribution in [1.29, 1.82) is 0 Å². The van der Waals surface area contributed by atoms with Crippen molar-refractivity contribution in [3.05, 3.63) is 89.9 Å². The molecule has 4 heteroatoms. The molecule has 1 aliphatic heterocycles. The maximum absolute atomic E-state index is 12.9. The van der Waals surface area contributed by atoms with Crippen LogP contribution in [0, 0.1) is 0 Å². The Morgan fingerprint density at radius 3 is 2.39 bits per heavy atom. The van der Waals surface area contributed by atoms with Crippen LogP contribution in [0.25, 0.3) is 11.6 Å². The molecule has 0 unspecified atom stereocenters. The normalized spacial score (nSPS) is 14.3. The van der Waals surface area contributed by atoms with Crippen LogP contribution in [0.3, 0.4) is 0 Å². The van der Waals surface area contributed by atoms with Gasteiger partial charge in [-0.25, -0.2) is 0 Å². The molecule has 0 aliphatic carbocycles. The number of benzene rings is 2. The molecule has 3 aromatic rings. The number of amides is 1. The van der Waals surface area contributed by atoms with Gasteiger partial charge in [0.25, 0.3) is 5.91 Å². The summed E-state index contributed by atoms with van der Waals surface area (Å²) in [5.74, 6) is 0.537. The van der Waals surface area contributed by atoms with Gasteiger partial charge in [-0.1, -0.05) is 42.5 Å². The average molecular weight is 372 g/mol. The van der Waals surface area contributed by atoms with E-state index < -0.39 is 0 Å². The van der Waals surface area contributed by atoms with E-state index in [0.29, 0.717) is 17.9 Å². The van der Waals surface area contributed by atoms with Gasteiger partial charge in [-0.15, -0.1) is 0 Å². The van der Waals surface area contributed by atoms with Crippen LogP contribution in [0.15, 0.2) is 77.4 Å². The van der Waals surface area contributed by atoms with Gasteiger partial charge in [-0.05, 0) is 54.3 Å². The predicted octanol–water partition coefficient (Wildman–Crippen LogP) is 4.74. The van der Waals surface area contributed by atoms with Crippen molar-refractivity contribution in [3.8, 4) is 0 Å². The van der Waals surface area contributed by atoms with Gasteiger partial charge >= 0.3 is 0 Å². The Balaban J connectivity index is 1.46. The molecule has 2 aromatic carbocycles. The summed E-state index contributed by atoms with van der Waals surface area (Å²) in [6.07, 6.45) is 5.92. The highest BCUT2D eigenvalue weighted by Crippen LogP contribution is 2.21. The van der Waals surface area contributed by atoms with Gasteiger partial charge < -0.3 is 14.6 Å². The van der Waals surface area contributed by atoms with E-state index >= 15 is 0 Å². The maximum Gasteiger partial charge on any atom is 0.252 e. The van der Waals surface area contributed by atoms with Crippen LogP contribution in [0.2, 0.25) is 0 Å². The Labute approximate surface area is 165 Å². The summed E-state index contributed by atoms with van der Waals surface area (Å²) in [6, 6.07) is 21.8. The van der Waals surface area contributed by atoms with Crippen molar-refractivity contribution in [2.24, 2.45) is 0 Å². The van der Waals surface area contributed by atoms with Gasteiger partial charge in [-0.3, -0.25) is 4.79 Å². The highest BCUT2D eigenvalue weighted by molar-refractivity contribution is 6.23. The van der Waals surface area contributed by atoms with Crippen molar-refractivity contribution in [2.75, 3.05) is 18.0 Å². The third-order valence-corrected chi connectivity index (χ3v) is 5.02. The van der Waals surface area contributed by atoms with Crippen LogP contribution in [0.1, 0.15) is 29.7 Å². The summed E-state index contributed by atoms with van der Waals surface area (Å²) in [6.45, 7) is 2.75. The number of carbonyl (C=O) groups is 1. The van der Waals surface area contributed by atoms with E-state index in [1.165, 1.54) is 18.5 Å². The van der Waals surface area contributed by atoms with Gasteiger partial charge in [0.2, 0.25) is 0 Å². The topological polar surface area (TPSA) is 45.5 Å². The Morgan fingerprint density at radius 1 is 0.964 bits per heavy atom. The standard InChI is InChI=1S/C24H24N2O2/c27-24(23(17-22-9-6-16-28-22)20-7-2-1-3-8-20)25-18-19-10-12-21(13-11-19)26-14-4-5-15-26/h1-3,6-13,16-17H,4-5,14-15,18H2,(H,25,27)/b23-17+. The zero-order valence-corrected chi connectivity index (χ0v) is 15.8. The second-order valence-electron chi connectivity index (χ2n) is 6.98. The molecule has 142 valence electrons. The maximum atomic E-state index is 12.9. The molecule has 2 heterocycles. The molecule has 0 saturated carbocycles. The molecular weight excluding hydrogens is 348 g/mol. The lowest BCUT2D eigenvalue weighted by atomic mass is 10.0. The first-order valence-corrected chi connectivity index (χ1v) is 9.72. The molecule has 0 radical (unpaired) electrons. The highest BCUT2D eigenvalue weighted by Gasteiger charge is 2.14. The molecule has 1 fully saturated rings. The first kappa shape index (κ1) is 18.1. The SMILES string of the molecule is O=C(NCc1ccc(N2CCCC2)cc1)/C(=C/c1ccco1)c1ccccc1. The van der Waals surface area contributed by atoms with Crippen LogP contribution in [-0.2, 0) is 11.3 Å². The monoisotopic (exact) mass is 372 g/mol. The van der Waals surface area contributed by atoms with Gasteiger partial charge in [0, 0.05) is 25.3 Å². The number of nitrogens with one attached hydrogen (secondary N) is 1. The minimum absolute atomic E-state index is 0.119. The van der Waals surface area contributed by atoms with E-state index in [0.717, 1.165) is 24.2 Å². The summed E-state index contributed by atoms with van der Waals surface area (Å²) < 4.78 is 5.40. The lowest BCUT2D eigenvalue weighted by Crippen LogP contribution is -2.24. The molecule has 1 amide bonds. The molecule has 1 saturated heterocycles. The number of hydrogen-bond acceptors (Lipinski definition) is 3. The number of hydrogen-bond donors (Lipinski definition) is 1. The molecule has 0 bridgehead atoms. The number of furan rings is 1. The van der Waals surface area contributed by atoms with Crippen LogP contribution in [-0.4, -0.2) is 19.0 Å². The lowest BCUT2D eigenvalue weighted by Gasteiger charge is -2.17. The number of nitrogens with zero attached hydrogens (tertiary/aromatic N) is 1. The molecule has 0 spiro atoms. The summed E-state index contributed by atoms with van der Waals surface area (Å²) in [5, 5.41) is 3.04. The third-order valence-electron chi connectivity index (χ3n) is 5.02. The fourth-order valence-corrected chi connectivity index (χ4v) is 3.49. The first-order valence-electron chi connectivity index (χ1n) is 9.72. The summed E-state index contributed by atoms with van der Waals surface area (Å²) in [5.41, 5.74) is 3.79. The van der Waals surface area contributed by atoms with Crippen molar-refractivity contribution in [2.45, 2.75) is 19.4 Å². The Morgan fingerprint density at radius 2 is 1.71 bits per heavy atom. The number of rotatable bonds is 6. The molecule has 0 atom stereocenters.